The van der Waals surface area contributed by atoms with Crippen molar-refractivity contribution in [2.24, 2.45) is 0 Å². The lowest BCUT2D eigenvalue weighted by Crippen LogP contribution is -1.95. The Hall–Kier alpha value is -1.62. The fraction of sp³-hybridized carbons (Fsp3) is 0. The molecular weight excluding hydrogens is 292 g/mol. The van der Waals surface area contributed by atoms with Gasteiger partial charge in [-0.2, -0.15) is 0 Å². The first-order chi connectivity index (χ1) is 8.08. The predicted octanol–water partition coefficient (Wildman–Crippen LogP) is 4.10. The Balaban J connectivity index is 2.31. The summed E-state index contributed by atoms with van der Waals surface area (Å²) < 4.78 is 31.8. The maximum absolute atomic E-state index is 13.2. The molecule has 0 aliphatic heterocycles. The Bertz CT molecular complexity index is 560. The van der Waals surface area contributed by atoms with Crippen LogP contribution in [0, 0.1) is 11.6 Å². The summed E-state index contributed by atoms with van der Waals surface area (Å²) in [5.74, 6) is -0.382. The maximum Gasteiger partial charge on any atom is 0.153 e. The number of anilines is 1. The molecule has 88 valence electrons. The molecule has 0 saturated carbocycles. The molecule has 0 spiro atoms. The molecule has 0 unspecified atom stereocenters. The van der Waals surface area contributed by atoms with E-state index in [1.165, 1.54) is 36.4 Å². The van der Waals surface area contributed by atoms with Gasteiger partial charge >= 0.3 is 0 Å². The number of nitrogens with two attached hydrogens (primary N) is 1. The first kappa shape index (κ1) is 11.9. The van der Waals surface area contributed by atoms with Gasteiger partial charge in [-0.3, -0.25) is 0 Å². The van der Waals surface area contributed by atoms with Crippen molar-refractivity contribution in [3.8, 4) is 11.5 Å². The van der Waals surface area contributed by atoms with Crippen LogP contribution in [0.15, 0.2) is 40.9 Å². The summed E-state index contributed by atoms with van der Waals surface area (Å²) in [6.45, 7) is 0. The van der Waals surface area contributed by atoms with Crippen molar-refractivity contribution >= 4 is 21.6 Å². The Morgan fingerprint density at radius 1 is 1.06 bits per heavy atom. The van der Waals surface area contributed by atoms with E-state index in [4.69, 9.17) is 10.5 Å². The highest BCUT2D eigenvalue weighted by molar-refractivity contribution is 9.10. The average molecular weight is 300 g/mol. The Labute approximate surface area is 105 Å². The van der Waals surface area contributed by atoms with E-state index >= 15 is 0 Å². The summed E-state index contributed by atoms with van der Waals surface area (Å²) >= 11 is 3.03. The highest BCUT2D eigenvalue weighted by Gasteiger charge is 2.07. The Morgan fingerprint density at radius 2 is 1.82 bits per heavy atom. The van der Waals surface area contributed by atoms with Gasteiger partial charge in [0.2, 0.25) is 0 Å². The van der Waals surface area contributed by atoms with Gasteiger partial charge in [-0.1, -0.05) is 6.07 Å². The van der Waals surface area contributed by atoms with Crippen molar-refractivity contribution in [1.29, 1.82) is 0 Å². The van der Waals surface area contributed by atoms with Crippen molar-refractivity contribution < 1.29 is 13.5 Å². The van der Waals surface area contributed by atoms with Crippen molar-refractivity contribution in [1.82, 2.24) is 0 Å². The van der Waals surface area contributed by atoms with Crippen LogP contribution in [0.1, 0.15) is 0 Å². The number of ether oxygens (including phenoxy) is 1. The summed E-state index contributed by atoms with van der Waals surface area (Å²) in [6.07, 6.45) is 0. The van der Waals surface area contributed by atoms with Gasteiger partial charge in [0.05, 0.1) is 4.47 Å². The second-order valence-electron chi connectivity index (χ2n) is 3.33. The summed E-state index contributed by atoms with van der Waals surface area (Å²) in [7, 11) is 0. The van der Waals surface area contributed by atoms with Gasteiger partial charge in [0.25, 0.3) is 0 Å². The average Bonchev–Trinajstić information content (AvgIpc) is 2.30. The quantitative estimate of drug-likeness (QED) is 0.847. The van der Waals surface area contributed by atoms with Crippen LogP contribution in [-0.2, 0) is 0 Å². The lowest BCUT2D eigenvalue weighted by Gasteiger charge is -2.09. The van der Waals surface area contributed by atoms with Crippen LogP contribution in [0.4, 0.5) is 14.5 Å². The fourth-order valence-corrected chi connectivity index (χ4v) is 1.63. The summed E-state index contributed by atoms with van der Waals surface area (Å²) in [5.41, 5.74) is 5.44. The fourth-order valence-electron chi connectivity index (χ4n) is 1.27. The van der Waals surface area contributed by atoms with Gasteiger partial charge in [-0.15, -0.1) is 0 Å². The van der Waals surface area contributed by atoms with Gasteiger partial charge in [-0.25, -0.2) is 8.78 Å². The molecule has 0 heterocycles. The molecule has 2 aromatic rings. The second kappa shape index (κ2) is 4.71. The molecule has 0 aliphatic carbocycles. The number of halogens is 3. The van der Waals surface area contributed by atoms with Gasteiger partial charge in [-0.05, 0) is 46.3 Å². The van der Waals surface area contributed by atoms with Crippen LogP contribution in [-0.4, -0.2) is 0 Å². The topological polar surface area (TPSA) is 35.2 Å². The van der Waals surface area contributed by atoms with Crippen molar-refractivity contribution in [2.45, 2.75) is 0 Å². The molecule has 0 saturated heterocycles. The normalized spacial score (nSPS) is 10.3. The molecule has 17 heavy (non-hydrogen) atoms. The maximum atomic E-state index is 13.2. The summed E-state index contributed by atoms with van der Waals surface area (Å²) in [5, 5.41) is 0. The largest absolute Gasteiger partial charge is 0.455 e. The Kier molecular flexibility index (Phi) is 3.28. The minimum atomic E-state index is -0.552. The molecule has 2 nitrogen and oxygen atoms in total. The lowest BCUT2D eigenvalue weighted by molar-refractivity contribution is 0.477. The lowest BCUT2D eigenvalue weighted by atomic mass is 10.3. The zero-order valence-electron chi connectivity index (χ0n) is 8.58. The van der Waals surface area contributed by atoms with E-state index in [0.717, 1.165) is 0 Å². The van der Waals surface area contributed by atoms with Crippen LogP contribution >= 0.6 is 15.9 Å². The molecule has 0 fully saturated rings. The SMILES string of the molecule is Nc1c(F)cccc1Oc1ccc(F)c(Br)c1. The molecule has 0 aliphatic rings. The van der Waals surface area contributed by atoms with E-state index < -0.39 is 11.6 Å². The van der Waals surface area contributed by atoms with Crippen molar-refractivity contribution in [2.75, 3.05) is 5.73 Å². The molecule has 5 heteroatoms. The molecular formula is C12H8BrF2NO. The van der Waals surface area contributed by atoms with Gasteiger partial charge in [0.15, 0.2) is 5.75 Å². The monoisotopic (exact) mass is 299 g/mol. The number of benzene rings is 2. The minimum absolute atomic E-state index is 0.0760. The zero-order valence-corrected chi connectivity index (χ0v) is 10.2. The van der Waals surface area contributed by atoms with Gasteiger partial charge in [0, 0.05) is 0 Å². The number of nitrogen functional groups attached to an aromatic ring is 1. The van der Waals surface area contributed by atoms with Crippen molar-refractivity contribution in [3.05, 3.63) is 52.5 Å². The number of hydrogen-bond acceptors (Lipinski definition) is 2. The summed E-state index contributed by atoms with van der Waals surface area (Å²) in [4.78, 5) is 0. The first-order valence-electron chi connectivity index (χ1n) is 4.75. The van der Waals surface area contributed by atoms with E-state index in [2.05, 4.69) is 15.9 Å². The van der Waals surface area contributed by atoms with E-state index in [1.54, 1.807) is 0 Å². The highest BCUT2D eigenvalue weighted by atomic mass is 79.9. The molecule has 2 N–H and O–H groups in total. The second-order valence-corrected chi connectivity index (χ2v) is 4.18. The van der Waals surface area contributed by atoms with E-state index in [9.17, 15) is 8.78 Å². The molecule has 2 aromatic carbocycles. The third-order valence-electron chi connectivity index (χ3n) is 2.13. The highest BCUT2D eigenvalue weighted by Crippen LogP contribution is 2.31. The molecule has 0 amide bonds. The molecule has 0 radical (unpaired) electrons. The number of rotatable bonds is 2. The van der Waals surface area contributed by atoms with Crippen LogP contribution in [0.3, 0.4) is 0 Å². The molecule has 0 aromatic heterocycles. The zero-order chi connectivity index (χ0) is 12.4. The predicted molar refractivity (Wildman–Crippen MR) is 65.0 cm³/mol. The molecule has 0 bridgehead atoms. The van der Waals surface area contributed by atoms with E-state index in [1.807, 2.05) is 0 Å². The van der Waals surface area contributed by atoms with Crippen molar-refractivity contribution in [3.63, 3.8) is 0 Å². The van der Waals surface area contributed by atoms with E-state index in [0.29, 0.717) is 5.75 Å². The number of hydrogen-bond donors (Lipinski definition) is 1. The third kappa shape index (κ3) is 2.55. The standard InChI is InChI=1S/C12H8BrF2NO/c13-8-6-7(4-5-9(8)14)17-11-3-1-2-10(15)12(11)16/h1-6H,16H2. The molecule has 0 atom stereocenters. The smallest absolute Gasteiger partial charge is 0.153 e. The molecule has 2 rings (SSSR count). The van der Waals surface area contributed by atoms with Gasteiger partial charge < -0.3 is 10.5 Å². The van der Waals surface area contributed by atoms with Crippen LogP contribution in [0.2, 0.25) is 0 Å². The van der Waals surface area contributed by atoms with Crippen LogP contribution in [0.25, 0.3) is 0 Å². The third-order valence-corrected chi connectivity index (χ3v) is 2.74. The van der Waals surface area contributed by atoms with Crippen LogP contribution < -0.4 is 10.5 Å². The Morgan fingerprint density at radius 3 is 2.53 bits per heavy atom. The number of para-hydroxylation sites is 1. The van der Waals surface area contributed by atoms with Gasteiger partial charge in [0.1, 0.15) is 23.1 Å². The summed E-state index contributed by atoms with van der Waals surface area (Å²) in [6, 6.07) is 8.39. The minimum Gasteiger partial charge on any atom is -0.455 e. The first-order valence-corrected chi connectivity index (χ1v) is 5.54. The van der Waals surface area contributed by atoms with E-state index in [-0.39, 0.29) is 15.9 Å². The van der Waals surface area contributed by atoms with Crippen LogP contribution in [0.5, 0.6) is 11.5 Å².